The third-order valence-corrected chi connectivity index (χ3v) is 7.31. The van der Waals surface area contributed by atoms with Gasteiger partial charge in [0.1, 0.15) is 11.8 Å². The van der Waals surface area contributed by atoms with Crippen molar-refractivity contribution < 1.29 is 24.5 Å². The molecule has 1 saturated heterocycles. The highest BCUT2D eigenvalue weighted by Gasteiger charge is 2.48. The standard InChI is InChI=1S/C22H12N4O7S2/c27-19(11-3-1-4-12(9-11)25(30)31)17-18(15-5-2-8-34-15)24(21(29)20(17)28)22-23-14-7-6-13(26(32)33)10-16(14)35-22/h1-10,18,27H/b19-17+. The Labute approximate surface area is 203 Å². The predicted molar refractivity (Wildman–Crippen MR) is 128 cm³/mol. The van der Waals surface area contributed by atoms with E-state index in [2.05, 4.69) is 4.98 Å². The van der Waals surface area contributed by atoms with Crippen LogP contribution in [0.15, 0.2) is 65.6 Å². The van der Waals surface area contributed by atoms with Crippen LogP contribution in [0.2, 0.25) is 0 Å². The van der Waals surface area contributed by atoms with Crippen molar-refractivity contribution in [2.75, 3.05) is 4.90 Å². The summed E-state index contributed by atoms with van der Waals surface area (Å²) in [5, 5.41) is 35.2. The first-order valence-electron chi connectivity index (χ1n) is 9.90. The summed E-state index contributed by atoms with van der Waals surface area (Å²) in [5.74, 6) is -2.47. The first-order valence-corrected chi connectivity index (χ1v) is 11.6. The van der Waals surface area contributed by atoms with Crippen molar-refractivity contribution in [3.8, 4) is 0 Å². The largest absolute Gasteiger partial charge is 0.507 e. The highest BCUT2D eigenvalue weighted by Crippen LogP contribution is 2.45. The third-order valence-electron chi connectivity index (χ3n) is 5.37. The number of non-ortho nitro benzene ring substituents is 2. The van der Waals surface area contributed by atoms with E-state index in [4.69, 9.17) is 0 Å². The number of aromatic nitrogens is 1. The van der Waals surface area contributed by atoms with Crippen molar-refractivity contribution in [1.29, 1.82) is 0 Å². The van der Waals surface area contributed by atoms with Crippen molar-refractivity contribution in [3.05, 3.63) is 96.2 Å². The Morgan fingerprint density at radius 1 is 1.00 bits per heavy atom. The number of nitro groups is 2. The van der Waals surface area contributed by atoms with Gasteiger partial charge in [-0.05, 0) is 17.5 Å². The summed E-state index contributed by atoms with van der Waals surface area (Å²) < 4.78 is 0.444. The summed E-state index contributed by atoms with van der Waals surface area (Å²) in [4.78, 5) is 53.6. The lowest BCUT2D eigenvalue weighted by atomic mass is 9.99. The van der Waals surface area contributed by atoms with Gasteiger partial charge in [-0.25, -0.2) is 4.98 Å². The van der Waals surface area contributed by atoms with Gasteiger partial charge in [-0.15, -0.1) is 11.3 Å². The zero-order valence-corrected chi connectivity index (χ0v) is 19.0. The summed E-state index contributed by atoms with van der Waals surface area (Å²) >= 11 is 2.25. The molecule has 1 fully saturated rings. The molecule has 1 aliphatic heterocycles. The topological polar surface area (TPSA) is 157 Å². The highest BCUT2D eigenvalue weighted by atomic mass is 32.1. The highest BCUT2D eigenvalue weighted by molar-refractivity contribution is 7.22. The molecular weight excluding hydrogens is 496 g/mol. The van der Waals surface area contributed by atoms with Gasteiger partial charge in [0.15, 0.2) is 5.13 Å². The van der Waals surface area contributed by atoms with Gasteiger partial charge in [-0.1, -0.05) is 29.5 Å². The molecule has 1 unspecified atom stereocenters. The Bertz CT molecular complexity index is 1580. The average molecular weight is 508 g/mol. The molecule has 3 heterocycles. The number of nitrogens with zero attached hydrogens (tertiary/aromatic N) is 4. The van der Waals surface area contributed by atoms with E-state index in [0.29, 0.717) is 15.1 Å². The van der Waals surface area contributed by atoms with Crippen LogP contribution in [-0.2, 0) is 9.59 Å². The van der Waals surface area contributed by atoms with Crippen LogP contribution in [0.5, 0.6) is 0 Å². The quantitative estimate of drug-likeness (QED) is 0.132. The van der Waals surface area contributed by atoms with Crippen LogP contribution in [0.1, 0.15) is 16.5 Å². The molecule has 11 nitrogen and oxygen atoms in total. The molecule has 5 rings (SSSR count). The SMILES string of the molecule is O=C1C(=O)N(c2nc3ccc([N+](=O)[O-])cc3s2)C(c2cccs2)/C1=C(\O)c1cccc([N+](=O)[O-])c1. The maximum atomic E-state index is 13.2. The fourth-order valence-corrected chi connectivity index (χ4v) is 5.63. The summed E-state index contributed by atoms with van der Waals surface area (Å²) in [5.41, 5.74) is -0.248. The Hall–Kier alpha value is -4.49. The molecule has 1 amide bonds. The number of thiophene rings is 1. The van der Waals surface area contributed by atoms with Gasteiger partial charge in [0, 0.05) is 34.7 Å². The lowest BCUT2D eigenvalue weighted by Crippen LogP contribution is -2.28. The van der Waals surface area contributed by atoms with Gasteiger partial charge in [-0.3, -0.25) is 34.7 Å². The lowest BCUT2D eigenvalue weighted by molar-refractivity contribution is -0.385. The molecule has 1 aliphatic rings. The minimum absolute atomic E-state index is 0.0127. The van der Waals surface area contributed by atoms with Gasteiger partial charge in [0.25, 0.3) is 17.2 Å². The van der Waals surface area contributed by atoms with Gasteiger partial charge >= 0.3 is 5.91 Å². The fourth-order valence-electron chi connectivity index (χ4n) is 3.79. The van der Waals surface area contributed by atoms with Crippen molar-refractivity contribution >= 4 is 66.8 Å². The number of hydrogen-bond acceptors (Lipinski definition) is 10. The first kappa shape index (κ1) is 22.3. The molecule has 35 heavy (non-hydrogen) atoms. The summed E-state index contributed by atoms with van der Waals surface area (Å²) in [7, 11) is 0. The number of aliphatic hydroxyl groups is 1. The Morgan fingerprint density at radius 3 is 2.43 bits per heavy atom. The number of Topliss-reactive ketones (excluding diaryl/α,β-unsaturated/α-hetero) is 1. The van der Waals surface area contributed by atoms with E-state index < -0.39 is 33.3 Å². The smallest absolute Gasteiger partial charge is 0.301 e. The number of carbonyl (C=O) groups is 2. The number of rotatable bonds is 5. The first-order chi connectivity index (χ1) is 16.8. The number of hydrogen-bond donors (Lipinski definition) is 1. The van der Waals surface area contributed by atoms with Gasteiger partial charge < -0.3 is 5.11 Å². The molecule has 1 N–H and O–H groups in total. The van der Waals surface area contributed by atoms with Gasteiger partial charge in [-0.2, -0.15) is 0 Å². The number of ketones is 1. The number of benzene rings is 2. The van der Waals surface area contributed by atoms with Crippen molar-refractivity contribution in [2.24, 2.45) is 0 Å². The predicted octanol–water partition coefficient (Wildman–Crippen LogP) is 4.80. The zero-order valence-electron chi connectivity index (χ0n) is 17.4. The second-order valence-corrected chi connectivity index (χ2v) is 9.39. The van der Waals surface area contributed by atoms with Crippen LogP contribution < -0.4 is 4.90 Å². The number of fused-ring (bicyclic) bond motifs is 1. The zero-order chi connectivity index (χ0) is 24.9. The minimum Gasteiger partial charge on any atom is -0.507 e. The normalized spacial score (nSPS) is 17.3. The van der Waals surface area contributed by atoms with E-state index in [9.17, 15) is 34.9 Å². The van der Waals surface area contributed by atoms with Gasteiger partial charge in [0.05, 0.1) is 25.6 Å². The van der Waals surface area contributed by atoms with Crippen LogP contribution in [0.25, 0.3) is 16.0 Å². The Morgan fingerprint density at radius 2 is 1.74 bits per heavy atom. The molecule has 0 spiro atoms. The van der Waals surface area contributed by atoms with E-state index in [1.54, 1.807) is 17.5 Å². The molecule has 0 radical (unpaired) electrons. The second-order valence-electron chi connectivity index (χ2n) is 7.40. The van der Waals surface area contributed by atoms with E-state index in [1.165, 1.54) is 47.7 Å². The van der Waals surface area contributed by atoms with E-state index >= 15 is 0 Å². The molecule has 2 aromatic heterocycles. The minimum atomic E-state index is -1.04. The number of carbonyl (C=O) groups excluding carboxylic acids is 2. The molecular formula is C22H12N4O7S2. The lowest BCUT2D eigenvalue weighted by Gasteiger charge is -2.21. The number of amides is 1. The summed E-state index contributed by atoms with van der Waals surface area (Å²) in [6.07, 6.45) is 0. The monoisotopic (exact) mass is 508 g/mol. The van der Waals surface area contributed by atoms with Crippen LogP contribution in [0.3, 0.4) is 0 Å². The Kier molecular flexibility index (Phi) is 5.34. The van der Waals surface area contributed by atoms with E-state index in [1.807, 2.05) is 0 Å². The molecule has 174 valence electrons. The van der Waals surface area contributed by atoms with Crippen molar-refractivity contribution in [2.45, 2.75) is 6.04 Å². The summed E-state index contributed by atoms with van der Waals surface area (Å²) in [6, 6.07) is 11.6. The van der Waals surface area contributed by atoms with Crippen molar-refractivity contribution in [1.82, 2.24) is 4.98 Å². The van der Waals surface area contributed by atoms with Gasteiger partial charge in [0.2, 0.25) is 0 Å². The van der Waals surface area contributed by atoms with E-state index in [-0.39, 0.29) is 27.6 Å². The number of thiazole rings is 1. The van der Waals surface area contributed by atoms with Crippen molar-refractivity contribution in [3.63, 3.8) is 0 Å². The molecule has 0 aliphatic carbocycles. The fraction of sp³-hybridized carbons (Fsp3) is 0.0455. The van der Waals surface area contributed by atoms with Crippen LogP contribution in [0.4, 0.5) is 16.5 Å². The molecule has 0 bridgehead atoms. The second kappa shape index (κ2) is 8.38. The van der Waals surface area contributed by atoms with Crippen LogP contribution in [0, 0.1) is 20.2 Å². The average Bonchev–Trinajstić information content (AvgIpc) is 3.57. The Balaban J connectivity index is 1.69. The number of anilines is 1. The maximum Gasteiger partial charge on any atom is 0.301 e. The number of nitro benzene ring substituents is 2. The van der Waals surface area contributed by atoms with Crippen LogP contribution >= 0.6 is 22.7 Å². The third kappa shape index (κ3) is 3.72. The van der Waals surface area contributed by atoms with E-state index in [0.717, 1.165) is 22.3 Å². The molecule has 13 heteroatoms. The molecule has 4 aromatic rings. The molecule has 1 atom stereocenters. The number of aliphatic hydroxyl groups excluding tert-OH is 1. The molecule has 2 aromatic carbocycles. The summed E-state index contributed by atoms with van der Waals surface area (Å²) in [6.45, 7) is 0. The maximum absolute atomic E-state index is 13.2. The van der Waals surface area contributed by atoms with Crippen LogP contribution in [-0.4, -0.2) is 31.6 Å². The molecule has 0 saturated carbocycles.